The molecule has 1 fully saturated rings. The average molecular weight is 337 g/mol. The molecule has 1 amide bonds. The van der Waals surface area contributed by atoms with E-state index in [9.17, 15) is 4.79 Å². The van der Waals surface area contributed by atoms with E-state index in [4.69, 9.17) is 23.2 Å². The van der Waals surface area contributed by atoms with Gasteiger partial charge >= 0.3 is 0 Å². The highest BCUT2D eigenvalue weighted by Crippen LogP contribution is 2.26. The van der Waals surface area contributed by atoms with Gasteiger partial charge in [-0.15, -0.1) is 11.6 Å². The van der Waals surface area contributed by atoms with E-state index in [0.717, 1.165) is 23.9 Å². The van der Waals surface area contributed by atoms with Crippen molar-refractivity contribution in [2.45, 2.75) is 18.9 Å². The summed E-state index contributed by atoms with van der Waals surface area (Å²) in [6, 6.07) is 5.45. The first-order chi connectivity index (χ1) is 8.13. The van der Waals surface area contributed by atoms with Gasteiger partial charge in [-0.1, -0.05) is 27.5 Å². The predicted octanol–water partition coefficient (Wildman–Crippen LogP) is 3.95. The number of rotatable bonds is 2. The zero-order chi connectivity index (χ0) is 12.4. The van der Waals surface area contributed by atoms with Crippen LogP contribution in [-0.4, -0.2) is 29.3 Å². The molecule has 1 saturated heterocycles. The van der Waals surface area contributed by atoms with Crippen LogP contribution < -0.4 is 0 Å². The monoisotopic (exact) mass is 335 g/mol. The third-order valence-electron chi connectivity index (χ3n) is 2.98. The van der Waals surface area contributed by atoms with E-state index in [1.54, 1.807) is 12.1 Å². The summed E-state index contributed by atoms with van der Waals surface area (Å²) in [6.07, 6.45) is 1.99. The molecule has 17 heavy (non-hydrogen) atoms. The average Bonchev–Trinajstić information content (AvgIpc) is 2.76. The van der Waals surface area contributed by atoms with Crippen LogP contribution in [0.25, 0.3) is 0 Å². The number of hydrogen-bond donors (Lipinski definition) is 0. The maximum Gasteiger partial charge on any atom is 0.255 e. The number of alkyl halides is 1. The van der Waals surface area contributed by atoms with Crippen molar-refractivity contribution in [3.63, 3.8) is 0 Å². The van der Waals surface area contributed by atoms with Crippen molar-refractivity contribution in [3.8, 4) is 0 Å². The first-order valence-corrected chi connectivity index (χ1v) is 7.16. The minimum absolute atomic E-state index is 0.0225. The number of likely N-dealkylation sites (tertiary alicyclic amines) is 1. The number of amides is 1. The molecule has 0 saturated carbocycles. The highest BCUT2D eigenvalue weighted by Gasteiger charge is 2.29. The van der Waals surface area contributed by atoms with Gasteiger partial charge in [-0.3, -0.25) is 4.79 Å². The smallest absolute Gasteiger partial charge is 0.255 e. The second-order valence-corrected chi connectivity index (χ2v) is 5.70. The summed E-state index contributed by atoms with van der Waals surface area (Å²) >= 11 is 15.3. The first-order valence-electron chi connectivity index (χ1n) is 5.45. The van der Waals surface area contributed by atoms with E-state index in [1.165, 1.54) is 0 Å². The van der Waals surface area contributed by atoms with Crippen LogP contribution in [0.2, 0.25) is 5.02 Å². The molecule has 0 bridgehead atoms. The topological polar surface area (TPSA) is 20.3 Å². The molecule has 1 aliphatic rings. The van der Waals surface area contributed by atoms with Crippen molar-refractivity contribution in [2.24, 2.45) is 0 Å². The van der Waals surface area contributed by atoms with Gasteiger partial charge in [0.1, 0.15) is 0 Å². The Morgan fingerprint density at radius 3 is 2.94 bits per heavy atom. The second-order valence-electron chi connectivity index (χ2n) is 4.07. The van der Waals surface area contributed by atoms with Crippen LogP contribution in [0.1, 0.15) is 23.2 Å². The molecule has 0 aliphatic carbocycles. The Balaban J connectivity index is 2.24. The van der Waals surface area contributed by atoms with Crippen LogP contribution in [0, 0.1) is 0 Å². The Hall–Kier alpha value is -0.250. The van der Waals surface area contributed by atoms with Crippen molar-refractivity contribution >= 4 is 45.0 Å². The molecule has 1 aromatic rings. The molecule has 5 heteroatoms. The standard InChI is InChI=1S/C12H12BrCl2NO/c13-8-3-4-10(11(15)6-8)12(17)16-5-1-2-9(16)7-14/h3-4,6,9H,1-2,5,7H2. The zero-order valence-electron chi connectivity index (χ0n) is 9.13. The van der Waals surface area contributed by atoms with Crippen molar-refractivity contribution < 1.29 is 4.79 Å². The third-order valence-corrected chi connectivity index (χ3v) is 4.14. The second kappa shape index (κ2) is 5.59. The molecule has 0 N–H and O–H groups in total. The zero-order valence-corrected chi connectivity index (χ0v) is 12.2. The molecule has 1 heterocycles. The number of carbonyl (C=O) groups excluding carboxylic acids is 1. The molecule has 1 aromatic carbocycles. The molecule has 0 radical (unpaired) electrons. The summed E-state index contributed by atoms with van der Waals surface area (Å²) in [5.74, 6) is 0.463. The molecule has 0 aromatic heterocycles. The molecular weight excluding hydrogens is 325 g/mol. The van der Waals surface area contributed by atoms with E-state index in [2.05, 4.69) is 15.9 Å². The molecule has 1 atom stereocenters. The summed E-state index contributed by atoms with van der Waals surface area (Å²) in [4.78, 5) is 14.1. The largest absolute Gasteiger partial charge is 0.334 e. The third kappa shape index (κ3) is 2.78. The van der Waals surface area contributed by atoms with Crippen LogP contribution in [0.15, 0.2) is 22.7 Å². The fourth-order valence-electron chi connectivity index (χ4n) is 2.08. The molecule has 2 rings (SSSR count). The van der Waals surface area contributed by atoms with Gasteiger partial charge in [-0.05, 0) is 31.0 Å². The molecule has 2 nitrogen and oxygen atoms in total. The lowest BCUT2D eigenvalue weighted by Gasteiger charge is -2.23. The SMILES string of the molecule is O=C(c1ccc(Br)cc1Cl)N1CCCC1CCl. The Bertz CT molecular complexity index is 439. The highest BCUT2D eigenvalue weighted by atomic mass is 79.9. The van der Waals surface area contributed by atoms with Gasteiger partial charge < -0.3 is 4.90 Å². The van der Waals surface area contributed by atoms with E-state index >= 15 is 0 Å². The minimum atomic E-state index is -0.0225. The van der Waals surface area contributed by atoms with Crippen molar-refractivity contribution in [2.75, 3.05) is 12.4 Å². The summed E-state index contributed by atoms with van der Waals surface area (Å²) in [5.41, 5.74) is 0.548. The minimum Gasteiger partial charge on any atom is -0.334 e. The fraction of sp³-hybridized carbons (Fsp3) is 0.417. The fourth-order valence-corrected chi connectivity index (χ4v) is 3.16. The number of nitrogens with zero attached hydrogens (tertiary/aromatic N) is 1. The summed E-state index contributed by atoms with van der Waals surface area (Å²) < 4.78 is 0.870. The van der Waals surface area contributed by atoms with Crippen LogP contribution in [0.5, 0.6) is 0 Å². The van der Waals surface area contributed by atoms with E-state index < -0.39 is 0 Å². The van der Waals surface area contributed by atoms with Crippen molar-refractivity contribution in [3.05, 3.63) is 33.3 Å². The van der Waals surface area contributed by atoms with Gasteiger partial charge in [-0.25, -0.2) is 0 Å². The first kappa shape index (κ1) is 13.2. The molecule has 1 aliphatic heterocycles. The van der Waals surface area contributed by atoms with Crippen LogP contribution in [0.4, 0.5) is 0 Å². The quantitative estimate of drug-likeness (QED) is 0.749. The van der Waals surface area contributed by atoms with Crippen LogP contribution in [-0.2, 0) is 0 Å². The van der Waals surface area contributed by atoms with Gasteiger partial charge in [0.25, 0.3) is 5.91 Å². The maximum atomic E-state index is 12.3. The van der Waals surface area contributed by atoms with Crippen molar-refractivity contribution in [1.29, 1.82) is 0 Å². The lowest BCUT2D eigenvalue weighted by Crippen LogP contribution is -2.36. The normalized spacial score (nSPS) is 19.7. The van der Waals surface area contributed by atoms with Crippen LogP contribution >= 0.6 is 39.1 Å². The van der Waals surface area contributed by atoms with Gasteiger partial charge in [0.05, 0.1) is 10.6 Å². The van der Waals surface area contributed by atoms with Gasteiger partial charge in [0.15, 0.2) is 0 Å². The molecule has 92 valence electrons. The number of benzene rings is 1. The van der Waals surface area contributed by atoms with Crippen LogP contribution in [0.3, 0.4) is 0 Å². The Morgan fingerprint density at radius 2 is 2.29 bits per heavy atom. The van der Waals surface area contributed by atoms with Gasteiger partial charge in [-0.2, -0.15) is 0 Å². The van der Waals surface area contributed by atoms with E-state index in [0.29, 0.717) is 16.5 Å². The Morgan fingerprint density at radius 1 is 1.53 bits per heavy atom. The summed E-state index contributed by atoms with van der Waals surface area (Å²) in [6.45, 7) is 0.766. The molecule has 1 unspecified atom stereocenters. The number of carbonyl (C=O) groups is 1. The summed E-state index contributed by atoms with van der Waals surface area (Å²) in [7, 11) is 0. The van der Waals surface area contributed by atoms with E-state index in [1.807, 2.05) is 11.0 Å². The number of hydrogen-bond acceptors (Lipinski definition) is 1. The van der Waals surface area contributed by atoms with Gasteiger partial charge in [0, 0.05) is 22.9 Å². The lowest BCUT2D eigenvalue weighted by atomic mass is 10.2. The summed E-state index contributed by atoms with van der Waals surface area (Å²) in [5, 5.41) is 0.476. The maximum absolute atomic E-state index is 12.3. The molecule has 0 spiro atoms. The predicted molar refractivity (Wildman–Crippen MR) is 73.9 cm³/mol. The Labute approximate surface area is 119 Å². The van der Waals surface area contributed by atoms with Crippen molar-refractivity contribution in [1.82, 2.24) is 4.90 Å². The highest BCUT2D eigenvalue weighted by molar-refractivity contribution is 9.10. The lowest BCUT2D eigenvalue weighted by molar-refractivity contribution is 0.0749. The van der Waals surface area contributed by atoms with Gasteiger partial charge in [0.2, 0.25) is 0 Å². The Kier molecular flexibility index (Phi) is 4.34. The number of halogens is 3. The molecular formula is C12H12BrCl2NO. The van der Waals surface area contributed by atoms with E-state index in [-0.39, 0.29) is 11.9 Å².